The van der Waals surface area contributed by atoms with E-state index >= 15 is 0 Å². The molecule has 0 aromatic heterocycles. The van der Waals surface area contributed by atoms with E-state index in [1.165, 1.54) is 0 Å². The van der Waals surface area contributed by atoms with Crippen molar-refractivity contribution in [2.45, 2.75) is 11.8 Å². The normalized spacial score (nSPS) is 11.7. The van der Waals surface area contributed by atoms with Gasteiger partial charge in [0.2, 0.25) is 0 Å². The summed E-state index contributed by atoms with van der Waals surface area (Å²) < 4.78 is 35.6. The Balaban J connectivity index is 3.00. The molecule has 0 unspecified atom stereocenters. The molecule has 0 saturated heterocycles. The van der Waals surface area contributed by atoms with Gasteiger partial charge in [-0.3, -0.25) is 4.84 Å². The van der Waals surface area contributed by atoms with E-state index in [4.69, 9.17) is 11.6 Å². The van der Waals surface area contributed by atoms with Crippen LogP contribution in [0.1, 0.15) is 6.92 Å². The molecule has 1 N–H and O–H groups in total. The van der Waals surface area contributed by atoms with Crippen LogP contribution in [0.5, 0.6) is 0 Å². The first-order valence-corrected chi connectivity index (χ1v) is 5.92. The molecule has 15 heavy (non-hydrogen) atoms. The molecule has 0 radical (unpaired) electrons. The molecule has 7 heteroatoms. The number of benzene rings is 1. The average Bonchev–Trinajstić information content (AvgIpc) is 2.19. The van der Waals surface area contributed by atoms with Gasteiger partial charge in [-0.15, -0.1) is 0 Å². The molecule has 0 bridgehead atoms. The van der Waals surface area contributed by atoms with Crippen LogP contribution in [-0.4, -0.2) is 15.0 Å². The highest BCUT2D eigenvalue weighted by Crippen LogP contribution is 2.19. The van der Waals surface area contributed by atoms with Gasteiger partial charge in [0.15, 0.2) is 0 Å². The molecule has 84 valence electrons. The van der Waals surface area contributed by atoms with Crippen LogP contribution in [0.4, 0.5) is 4.39 Å². The van der Waals surface area contributed by atoms with Crippen LogP contribution in [0.2, 0.25) is 5.02 Å². The van der Waals surface area contributed by atoms with Gasteiger partial charge in [-0.2, -0.15) is 0 Å². The van der Waals surface area contributed by atoms with Gasteiger partial charge in [0, 0.05) is 0 Å². The predicted octanol–water partition coefficient (Wildman–Crippen LogP) is 1.71. The molecule has 0 heterocycles. The smallest absolute Gasteiger partial charge is 0.262 e. The zero-order valence-corrected chi connectivity index (χ0v) is 9.40. The Morgan fingerprint density at radius 1 is 1.53 bits per heavy atom. The second-order valence-corrected chi connectivity index (χ2v) is 4.65. The maximum atomic E-state index is 12.8. The van der Waals surface area contributed by atoms with Crippen molar-refractivity contribution in [3.8, 4) is 0 Å². The number of hydrogen-bond acceptors (Lipinski definition) is 3. The van der Waals surface area contributed by atoms with Crippen molar-refractivity contribution < 1.29 is 17.6 Å². The van der Waals surface area contributed by atoms with Crippen LogP contribution >= 0.6 is 11.6 Å². The fraction of sp³-hybridized carbons (Fsp3) is 0.250. The Morgan fingerprint density at radius 3 is 2.73 bits per heavy atom. The van der Waals surface area contributed by atoms with E-state index in [2.05, 4.69) is 4.84 Å². The van der Waals surface area contributed by atoms with Crippen LogP contribution < -0.4 is 4.89 Å². The minimum absolute atomic E-state index is 0.151. The molecule has 1 aromatic rings. The van der Waals surface area contributed by atoms with Crippen LogP contribution in [0.3, 0.4) is 0 Å². The quantitative estimate of drug-likeness (QED) is 0.831. The third-order valence-corrected chi connectivity index (χ3v) is 3.02. The molecule has 0 aliphatic rings. The fourth-order valence-electron chi connectivity index (χ4n) is 0.829. The molecule has 0 atom stereocenters. The van der Waals surface area contributed by atoms with E-state index in [0.717, 1.165) is 18.2 Å². The van der Waals surface area contributed by atoms with Crippen molar-refractivity contribution in [3.05, 3.63) is 29.0 Å². The van der Waals surface area contributed by atoms with Crippen molar-refractivity contribution in [1.82, 2.24) is 4.89 Å². The molecule has 1 aromatic carbocycles. The second-order valence-electron chi connectivity index (χ2n) is 2.60. The first-order valence-electron chi connectivity index (χ1n) is 4.06. The third-order valence-electron chi connectivity index (χ3n) is 1.51. The highest BCUT2D eigenvalue weighted by Gasteiger charge is 2.15. The van der Waals surface area contributed by atoms with Crippen LogP contribution in [0.15, 0.2) is 23.1 Å². The summed E-state index contributed by atoms with van der Waals surface area (Å²) in [6, 6.07) is 3.09. The zero-order chi connectivity index (χ0) is 11.5. The number of rotatable bonds is 4. The Bertz CT molecular complexity index is 449. The number of nitrogens with one attached hydrogen (secondary N) is 1. The maximum Gasteiger partial charge on any atom is 0.262 e. The van der Waals surface area contributed by atoms with E-state index in [-0.39, 0.29) is 16.5 Å². The highest BCUT2D eigenvalue weighted by molar-refractivity contribution is 7.89. The lowest BCUT2D eigenvalue weighted by molar-refractivity contribution is 0.105. The predicted molar refractivity (Wildman–Crippen MR) is 53.4 cm³/mol. The zero-order valence-electron chi connectivity index (χ0n) is 7.83. The Labute approximate surface area is 92.0 Å². The summed E-state index contributed by atoms with van der Waals surface area (Å²) in [6.07, 6.45) is 0. The summed E-state index contributed by atoms with van der Waals surface area (Å²) >= 11 is 5.45. The van der Waals surface area contributed by atoms with Gasteiger partial charge in [-0.05, 0) is 25.1 Å². The molecule has 0 saturated carbocycles. The third kappa shape index (κ3) is 3.13. The standard InChI is InChI=1S/C8H9ClFNO3S/c1-2-14-11-15(12,13)6-3-4-8(10)7(9)5-6/h3-5,11H,2H2,1H3. The molecular formula is C8H9ClFNO3S. The highest BCUT2D eigenvalue weighted by atomic mass is 35.5. The van der Waals surface area contributed by atoms with Crippen molar-refractivity contribution >= 4 is 21.6 Å². The second kappa shape index (κ2) is 4.89. The van der Waals surface area contributed by atoms with Gasteiger partial charge in [0.1, 0.15) is 5.82 Å². The molecule has 0 spiro atoms. The Hall–Kier alpha value is -0.690. The van der Waals surface area contributed by atoms with E-state index < -0.39 is 15.8 Å². The molecular weight excluding hydrogens is 245 g/mol. The fourth-order valence-corrected chi connectivity index (χ4v) is 1.96. The monoisotopic (exact) mass is 253 g/mol. The first-order chi connectivity index (χ1) is 6.97. The van der Waals surface area contributed by atoms with Gasteiger partial charge in [0.05, 0.1) is 16.5 Å². The summed E-state index contributed by atoms with van der Waals surface area (Å²) in [6.45, 7) is 1.81. The number of hydrogen-bond donors (Lipinski definition) is 1. The first kappa shape index (κ1) is 12.4. The number of halogens is 2. The SMILES string of the molecule is CCONS(=O)(=O)c1ccc(F)c(Cl)c1. The van der Waals surface area contributed by atoms with Gasteiger partial charge in [-0.1, -0.05) is 16.5 Å². The summed E-state index contributed by atoms with van der Waals surface area (Å²) in [4.78, 5) is 6.26. The lowest BCUT2D eigenvalue weighted by Gasteiger charge is -2.05. The van der Waals surface area contributed by atoms with Crippen LogP contribution in [0, 0.1) is 5.82 Å². The van der Waals surface area contributed by atoms with Gasteiger partial charge >= 0.3 is 0 Å². The van der Waals surface area contributed by atoms with Crippen LogP contribution in [0.25, 0.3) is 0 Å². The maximum absolute atomic E-state index is 12.8. The van der Waals surface area contributed by atoms with E-state index in [1.807, 2.05) is 4.89 Å². The Kier molecular flexibility index (Phi) is 4.04. The summed E-state index contributed by atoms with van der Waals surface area (Å²) in [7, 11) is -3.79. The molecule has 0 aliphatic heterocycles. The molecule has 4 nitrogen and oxygen atoms in total. The van der Waals surface area contributed by atoms with Crippen molar-refractivity contribution in [1.29, 1.82) is 0 Å². The van der Waals surface area contributed by atoms with Crippen LogP contribution in [-0.2, 0) is 14.9 Å². The topological polar surface area (TPSA) is 55.4 Å². The largest absolute Gasteiger partial charge is 0.287 e. The minimum Gasteiger partial charge on any atom is -0.287 e. The molecule has 0 aliphatic carbocycles. The molecule has 0 fully saturated rings. The Morgan fingerprint density at radius 2 is 2.20 bits per heavy atom. The molecule has 1 rings (SSSR count). The molecule has 0 amide bonds. The summed E-state index contributed by atoms with van der Waals surface area (Å²) in [5.74, 6) is -0.674. The van der Waals surface area contributed by atoms with Crippen molar-refractivity contribution in [2.24, 2.45) is 0 Å². The van der Waals surface area contributed by atoms with Crippen molar-refractivity contribution in [2.75, 3.05) is 6.61 Å². The lowest BCUT2D eigenvalue weighted by Crippen LogP contribution is -2.24. The van der Waals surface area contributed by atoms with E-state index in [0.29, 0.717) is 0 Å². The van der Waals surface area contributed by atoms with E-state index in [1.54, 1.807) is 6.92 Å². The lowest BCUT2D eigenvalue weighted by atomic mass is 10.3. The van der Waals surface area contributed by atoms with Gasteiger partial charge in [0.25, 0.3) is 10.0 Å². The van der Waals surface area contributed by atoms with E-state index in [9.17, 15) is 12.8 Å². The summed E-state index contributed by atoms with van der Waals surface area (Å²) in [5, 5.41) is -0.255. The van der Waals surface area contributed by atoms with Crippen molar-refractivity contribution in [3.63, 3.8) is 0 Å². The van der Waals surface area contributed by atoms with Gasteiger partial charge in [-0.25, -0.2) is 12.8 Å². The number of sulfonamides is 1. The summed E-state index contributed by atoms with van der Waals surface area (Å²) in [5.41, 5.74) is 0. The minimum atomic E-state index is -3.79. The average molecular weight is 254 g/mol. The van der Waals surface area contributed by atoms with Gasteiger partial charge < -0.3 is 0 Å².